The summed E-state index contributed by atoms with van der Waals surface area (Å²) in [5.41, 5.74) is 19.9. The molecule has 0 radical (unpaired) electrons. The van der Waals surface area contributed by atoms with Crippen LogP contribution in [0.1, 0.15) is 54.6 Å². The molecule has 12 aromatic rings. The molecule has 3 aliphatic rings. The number of rotatable bonds is 5. The number of nitrogens with one attached hydrogen (secondary N) is 6. The minimum atomic E-state index is -0.340. The predicted molar refractivity (Wildman–Crippen MR) is 294 cm³/mol. The molecular formula is C56H48FN17O. The van der Waals surface area contributed by atoms with Gasteiger partial charge < -0.3 is 31.1 Å². The second-order valence-corrected chi connectivity index (χ2v) is 18.5. The van der Waals surface area contributed by atoms with Gasteiger partial charge in [-0.1, -0.05) is 60.2 Å². The fourth-order valence-electron chi connectivity index (χ4n) is 10.3. The highest BCUT2D eigenvalue weighted by atomic mass is 19.1. The quantitative estimate of drug-likeness (QED) is 0.0870. The molecule has 0 bridgehead atoms. The summed E-state index contributed by atoms with van der Waals surface area (Å²) in [5, 5.41) is 18.9. The molecule has 3 aliphatic heterocycles. The average Bonchev–Trinajstić information content (AvgIpc) is 4.33. The number of H-pyrrole nitrogens is 3. The number of amidine groups is 2. The maximum Gasteiger partial charge on any atom is 0.212 e. The maximum atomic E-state index is 13.7. The zero-order chi connectivity index (χ0) is 50.9. The second kappa shape index (κ2) is 17.9. The number of aromatic nitrogens is 10. The van der Waals surface area contributed by atoms with E-state index in [2.05, 4.69) is 96.0 Å². The topological polar surface area (TPSA) is 222 Å². The summed E-state index contributed by atoms with van der Waals surface area (Å²) < 4.78 is 25.4. The summed E-state index contributed by atoms with van der Waals surface area (Å²) >= 11 is 0. The van der Waals surface area contributed by atoms with Crippen LogP contribution in [0.2, 0.25) is 0 Å². The molecule has 0 fully saturated rings. The van der Waals surface area contributed by atoms with E-state index in [1.807, 2.05) is 123 Å². The first-order chi connectivity index (χ1) is 36.6. The van der Waals surface area contributed by atoms with Crippen LogP contribution in [0, 0.1) is 12.7 Å². The Bertz CT molecular complexity index is 4280. The third kappa shape index (κ3) is 7.84. The van der Waals surface area contributed by atoms with Gasteiger partial charge in [0.1, 0.15) is 23.2 Å². The van der Waals surface area contributed by atoms with Crippen molar-refractivity contribution in [2.75, 3.05) is 23.1 Å². The van der Waals surface area contributed by atoms with E-state index in [9.17, 15) is 4.39 Å². The van der Waals surface area contributed by atoms with Gasteiger partial charge in [0.25, 0.3) is 0 Å². The molecule has 15 rings (SSSR count). The van der Waals surface area contributed by atoms with Crippen LogP contribution in [0.3, 0.4) is 0 Å². The van der Waals surface area contributed by atoms with E-state index in [0.717, 1.165) is 112 Å². The zero-order valence-electron chi connectivity index (χ0n) is 41.0. The van der Waals surface area contributed by atoms with E-state index in [1.54, 1.807) is 19.2 Å². The van der Waals surface area contributed by atoms with Crippen LogP contribution in [0.25, 0.3) is 66.2 Å². The number of hydrogen-bond donors (Lipinski definition) is 7. The van der Waals surface area contributed by atoms with Crippen LogP contribution in [0.15, 0.2) is 167 Å². The number of hydrogen-bond acceptors (Lipinski definition) is 12. The summed E-state index contributed by atoms with van der Waals surface area (Å²) in [7, 11) is 1.68. The van der Waals surface area contributed by atoms with Gasteiger partial charge in [-0.15, -0.1) is 0 Å². The third-order valence-corrected chi connectivity index (χ3v) is 13.6. The molecular weight excluding hydrogens is 946 g/mol. The van der Waals surface area contributed by atoms with E-state index in [0.29, 0.717) is 11.9 Å². The molecule has 9 heterocycles. The smallest absolute Gasteiger partial charge is 0.212 e. The number of ether oxygens (including phenoxy) is 1. The fourth-order valence-corrected chi connectivity index (χ4v) is 10.3. The number of aliphatic imine (C=N–C) groups is 3. The van der Waals surface area contributed by atoms with Crippen LogP contribution >= 0.6 is 0 Å². The van der Waals surface area contributed by atoms with Gasteiger partial charge in [-0.3, -0.25) is 24.1 Å². The number of anilines is 3. The number of halogens is 1. The van der Waals surface area contributed by atoms with Crippen molar-refractivity contribution in [1.82, 2.24) is 48.8 Å². The maximum absolute atomic E-state index is 13.7. The molecule has 6 aromatic heterocycles. The Morgan fingerprint density at radius 1 is 0.547 bits per heavy atom. The minimum Gasteiger partial charge on any atom is -0.497 e. The number of fused-ring (bicyclic) bond motifs is 11. The van der Waals surface area contributed by atoms with Crippen molar-refractivity contribution in [2.45, 2.75) is 39.3 Å². The SMILES string of the molecule is CC1=NC(c2c[nH]c3ccc(F)cc23)n2c(nc3ccccc32)N1.COc1ccc2[nH]cc(C3N=C(C)Nc4nc5ccccc5n43)c2c1.Cc1cccc(-c2[nH]ncc2C2N=C(N)Nc3nc4ccccc4n32)c1. The third-order valence-electron chi connectivity index (χ3n) is 13.6. The molecule has 0 saturated carbocycles. The summed E-state index contributed by atoms with van der Waals surface area (Å²) in [6.45, 7) is 5.94. The molecule has 19 heteroatoms. The highest BCUT2D eigenvalue weighted by Crippen LogP contribution is 2.40. The first kappa shape index (κ1) is 44.9. The van der Waals surface area contributed by atoms with Crippen LogP contribution in [0.5, 0.6) is 5.75 Å². The molecule has 0 aliphatic carbocycles. The molecule has 0 saturated heterocycles. The Morgan fingerprint density at radius 3 is 1.63 bits per heavy atom. The largest absolute Gasteiger partial charge is 0.497 e. The van der Waals surface area contributed by atoms with Crippen molar-refractivity contribution in [3.8, 4) is 17.0 Å². The Balaban J connectivity index is 0.000000108. The van der Waals surface area contributed by atoms with E-state index in [1.165, 1.54) is 11.6 Å². The van der Waals surface area contributed by atoms with Gasteiger partial charge in [0.15, 0.2) is 24.5 Å². The van der Waals surface area contributed by atoms with Crippen LogP contribution in [-0.4, -0.2) is 73.6 Å². The van der Waals surface area contributed by atoms with E-state index in [4.69, 9.17) is 25.4 Å². The number of nitrogens with two attached hydrogens (primary N) is 1. The number of aromatic amines is 3. The van der Waals surface area contributed by atoms with E-state index >= 15 is 0 Å². The average molecular weight is 994 g/mol. The normalized spacial score (nSPS) is 16.5. The molecule has 3 atom stereocenters. The summed E-state index contributed by atoms with van der Waals surface area (Å²) in [6.07, 6.45) is 4.93. The van der Waals surface area contributed by atoms with Gasteiger partial charge >= 0.3 is 0 Å². The van der Waals surface area contributed by atoms with Crippen LogP contribution < -0.4 is 26.4 Å². The lowest BCUT2D eigenvalue weighted by atomic mass is 10.0. The van der Waals surface area contributed by atoms with Gasteiger partial charge in [-0.25, -0.2) is 34.3 Å². The van der Waals surface area contributed by atoms with Gasteiger partial charge in [-0.2, -0.15) is 5.10 Å². The van der Waals surface area contributed by atoms with Gasteiger partial charge in [0.2, 0.25) is 17.8 Å². The van der Waals surface area contributed by atoms with Gasteiger partial charge in [0.05, 0.1) is 52.1 Å². The molecule has 3 unspecified atom stereocenters. The summed E-state index contributed by atoms with van der Waals surface area (Å²) in [5.74, 6) is 4.80. The zero-order valence-corrected chi connectivity index (χ0v) is 41.0. The lowest BCUT2D eigenvalue weighted by Crippen LogP contribution is -2.31. The lowest BCUT2D eigenvalue weighted by Gasteiger charge is -2.23. The molecule has 75 heavy (non-hydrogen) atoms. The van der Waals surface area contributed by atoms with Gasteiger partial charge in [0, 0.05) is 56.5 Å². The molecule has 0 spiro atoms. The monoisotopic (exact) mass is 993 g/mol. The first-order valence-electron chi connectivity index (χ1n) is 24.3. The van der Waals surface area contributed by atoms with Crippen molar-refractivity contribution >= 4 is 90.4 Å². The molecule has 8 N–H and O–H groups in total. The predicted octanol–water partition coefficient (Wildman–Crippen LogP) is 11.0. The Labute approximate surface area is 427 Å². The van der Waals surface area contributed by atoms with Crippen LogP contribution in [-0.2, 0) is 0 Å². The summed E-state index contributed by atoms with van der Waals surface area (Å²) in [6, 6.07) is 43.1. The van der Waals surface area contributed by atoms with Crippen molar-refractivity contribution in [2.24, 2.45) is 20.7 Å². The van der Waals surface area contributed by atoms with E-state index < -0.39 is 0 Å². The number of nitrogens with zero attached hydrogens (tertiary/aromatic N) is 10. The molecule has 0 amide bonds. The standard InChI is InChI=1S/C19H17N7.C19H17N5O.C18H14FN5/c1-11-5-4-6-12(9-11)16-13(10-21-25-16)17-23-18(20)24-19-22-14-7-2-3-8-15(14)26(17)19;1-11-21-18(14-10-20-15-8-7-12(25-2)9-13(14)15)24-17-6-4-3-5-16(17)23-19(24)22-11;1-10-21-17(13-9-20-14-7-6-11(19)8-12(13)14)24-16-5-3-2-4-15(16)23-18(24)22-10/h2-10,17H,1H3,(H,21,25)(H3,20,22,23,24);3-10,18,20H,1-2H3,(H,21,22,23);2-9,17,20H,1H3,(H,21,22,23). The van der Waals surface area contributed by atoms with E-state index in [-0.39, 0.29) is 24.3 Å². The Kier molecular flexibility index (Phi) is 10.7. The van der Waals surface area contributed by atoms with Crippen molar-refractivity contribution in [1.29, 1.82) is 0 Å². The second-order valence-electron chi connectivity index (χ2n) is 18.5. The van der Waals surface area contributed by atoms with Crippen molar-refractivity contribution < 1.29 is 9.13 Å². The fraction of sp³-hybridized carbons (Fsp3) is 0.125. The molecule has 6 aromatic carbocycles. The van der Waals surface area contributed by atoms with Crippen LogP contribution in [0.4, 0.5) is 22.2 Å². The van der Waals surface area contributed by atoms with Crippen molar-refractivity contribution in [3.63, 3.8) is 0 Å². The summed E-state index contributed by atoms with van der Waals surface area (Å²) in [4.78, 5) is 34.8. The molecule has 18 nitrogen and oxygen atoms in total. The van der Waals surface area contributed by atoms with Crippen molar-refractivity contribution in [3.05, 3.63) is 180 Å². The number of benzene rings is 6. The Morgan fingerprint density at radius 2 is 1.07 bits per heavy atom. The highest BCUT2D eigenvalue weighted by Gasteiger charge is 2.30. The highest BCUT2D eigenvalue weighted by molar-refractivity contribution is 5.98. The molecule has 370 valence electrons. The minimum absolute atomic E-state index is 0.176. The number of para-hydroxylation sites is 6. The first-order valence-corrected chi connectivity index (χ1v) is 24.3. The Hall–Kier alpha value is -10.0. The number of imidazole rings is 3. The lowest BCUT2D eigenvalue weighted by molar-refractivity contribution is 0.415. The number of methoxy groups -OCH3 is 1. The number of guanidine groups is 1. The number of aryl methyl sites for hydroxylation is 1. The van der Waals surface area contributed by atoms with Gasteiger partial charge in [-0.05, 0) is 99.6 Å².